The Labute approximate surface area is 116 Å². The maximum Gasteiger partial charge on any atom is 0.243 e. The third-order valence-electron chi connectivity index (χ3n) is 2.60. The first-order valence-corrected chi connectivity index (χ1v) is 6.24. The molecule has 6 heteroatoms. The van der Waals surface area contributed by atoms with Crippen molar-refractivity contribution >= 4 is 17.5 Å². The third kappa shape index (κ3) is 4.24. The van der Waals surface area contributed by atoms with Gasteiger partial charge in [0.15, 0.2) is 0 Å². The Hall–Kier alpha value is -2.63. The smallest absolute Gasteiger partial charge is 0.243 e. The Kier molecular flexibility index (Phi) is 4.49. The molecule has 2 N–H and O–H groups in total. The second-order valence-corrected chi connectivity index (χ2v) is 4.37. The number of rotatable bonds is 5. The summed E-state index contributed by atoms with van der Waals surface area (Å²) in [6.07, 6.45) is 3.33. The molecule has 1 aromatic carbocycles. The zero-order valence-corrected chi connectivity index (χ0v) is 11.2. The van der Waals surface area contributed by atoms with E-state index in [4.69, 9.17) is 0 Å². The van der Waals surface area contributed by atoms with Gasteiger partial charge >= 0.3 is 0 Å². The number of carbonyl (C=O) groups excluding carboxylic acids is 2. The Morgan fingerprint density at radius 2 is 2.00 bits per heavy atom. The Bertz CT molecular complexity index is 592. The monoisotopic (exact) mass is 272 g/mol. The van der Waals surface area contributed by atoms with E-state index in [0.717, 1.165) is 5.56 Å². The van der Waals surface area contributed by atoms with Crippen molar-refractivity contribution < 1.29 is 9.59 Å². The second kappa shape index (κ2) is 6.51. The zero-order chi connectivity index (χ0) is 14.4. The fourth-order valence-electron chi connectivity index (χ4n) is 1.70. The van der Waals surface area contributed by atoms with Crippen LogP contribution in [0.1, 0.15) is 12.5 Å². The van der Waals surface area contributed by atoms with E-state index in [-0.39, 0.29) is 18.4 Å². The molecule has 2 amide bonds. The molecule has 0 aliphatic carbocycles. The average Bonchev–Trinajstić information content (AvgIpc) is 2.85. The van der Waals surface area contributed by atoms with Crippen LogP contribution in [-0.2, 0) is 16.1 Å². The van der Waals surface area contributed by atoms with E-state index in [9.17, 15) is 9.59 Å². The van der Waals surface area contributed by atoms with Crippen LogP contribution in [0.15, 0.2) is 42.7 Å². The molecule has 2 aromatic rings. The lowest BCUT2D eigenvalue weighted by Crippen LogP contribution is -2.31. The number of nitrogens with one attached hydrogen (secondary N) is 2. The van der Waals surface area contributed by atoms with Crippen LogP contribution in [0.2, 0.25) is 0 Å². The molecule has 1 heterocycles. The molecule has 0 aliphatic rings. The van der Waals surface area contributed by atoms with Gasteiger partial charge in [-0.05, 0) is 5.56 Å². The van der Waals surface area contributed by atoms with Crippen LogP contribution in [0.25, 0.3) is 0 Å². The standard InChI is InChI=1S/C14H16N4O2/c1-11(19)15-8-14(20)17-13-7-16-18(10-13)9-12-5-3-2-4-6-12/h2-7,10H,8-9H2,1H3,(H,15,19)(H,17,20). The van der Waals surface area contributed by atoms with Crippen molar-refractivity contribution in [1.29, 1.82) is 0 Å². The normalized spacial score (nSPS) is 10.1. The molecule has 0 saturated carbocycles. The molecule has 2 rings (SSSR count). The van der Waals surface area contributed by atoms with Crippen LogP contribution in [0.3, 0.4) is 0 Å². The molecule has 0 radical (unpaired) electrons. The van der Waals surface area contributed by atoms with Gasteiger partial charge < -0.3 is 10.6 Å². The third-order valence-corrected chi connectivity index (χ3v) is 2.60. The molecule has 104 valence electrons. The minimum Gasteiger partial charge on any atom is -0.347 e. The SMILES string of the molecule is CC(=O)NCC(=O)Nc1cnn(Cc2ccccc2)c1. The molecular weight excluding hydrogens is 256 g/mol. The minimum absolute atomic E-state index is 0.0425. The highest BCUT2D eigenvalue weighted by atomic mass is 16.2. The van der Waals surface area contributed by atoms with Gasteiger partial charge in [-0.2, -0.15) is 5.10 Å². The molecule has 0 bridgehead atoms. The number of aromatic nitrogens is 2. The number of anilines is 1. The highest BCUT2D eigenvalue weighted by Crippen LogP contribution is 2.07. The number of carbonyl (C=O) groups is 2. The summed E-state index contributed by atoms with van der Waals surface area (Å²) in [5.74, 6) is -0.514. The fraction of sp³-hybridized carbons (Fsp3) is 0.214. The van der Waals surface area contributed by atoms with Gasteiger partial charge in [-0.15, -0.1) is 0 Å². The summed E-state index contributed by atoms with van der Waals surface area (Å²) in [4.78, 5) is 22.2. The molecule has 20 heavy (non-hydrogen) atoms. The van der Waals surface area contributed by atoms with Crippen molar-refractivity contribution in [1.82, 2.24) is 15.1 Å². The number of nitrogens with zero attached hydrogens (tertiary/aromatic N) is 2. The van der Waals surface area contributed by atoms with E-state index in [1.807, 2.05) is 30.3 Å². The first kappa shape index (κ1) is 13.8. The molecule has 0 aliphatic heterocycles. The lowest BCUT2D eigenvalue weighted by molar-refractivity contribution is -0.122. The molecule has 0 unspecified atom stereocenters. The number of hydrogen-bond acceptors (Lipinski definition) is 3. The van der Waals surface area contributed by atoms with Gasteiger partial charge in [0.05, 0.1) is 25.0 Å². The predicted molar refractivity (Wildman–Crippen MR) is 75.1 cm³/mol. The quantitative estimate of drug-likeness (QED) is 0.852. The topological polar surface area (TPSA) is 76.0 Å². The van der Waals surface area contributed by atoms with E-state index >= 15 is 0 Å². The average molecular weight is 272 g/mol. The van der Waals surface area contributed by atoms with Gasteiger partial charge in [-0.25, -0.2) is 0 Å². The van der Waals surface area contributed by atoms with Crippen molar-refractivity contribution in [2.45, 2.75) is 13.5 Å². The predicted octanol–water partition coefficient (Wildman–Crippen LogP) is 1.01. The first-order valence-electron chi connectivity index (χ1n) is 6.24. The van der Waals surface area contributed by atoms with E-state index in [0.29, 0.717) is 12.2 Å². The summed E-state index contributed by atoms with van der Waals surface area (Å²) < 4.78 is 1.74. The van der Waals surface area contributed by atoms with Gasteiger partial charge in [0.2, 0.25) is 11.8 Å². The van der Waals surface area contributed by atoms with E-state index < -0.39 is 0 Å². The van der Waals surface area contributed by atoms with Gasteiger partial charge in [0.25, 0.3) is 0 Å². The van der Waals surface area contributed by atoms with Crippen molar-refractivity contribution in [3.63, 3.8) is 0 Å². The molecule has 0 spiro atoms. The van der Waals surface area contributed by atoms with Crippen LogP contribution in [0.5, 0.6) is 0 Å². The number of benzene rings is 1. The largest absolute Gasteiger partial charge is 0.347 e. The van der Waals surface area contributed by atoms with E-state index in [2.05, 4.69) is 15.7 Å². The van der Waals surface area contributed by atoms with Crippen molar-refractivity contribution in [3.8, 4) is 0 Å². The van der Waals surface area contributed by atoms with Crippen LogP contribution < -0.4 is 10.6 Å². The Morgan fingerprint density at radius 3 is 2.70 bits per heavy atom. The van der Waals surface area contributed by atoms with E-state index in [1.54, 1.807) is 17.1 Å². The van der Waals surface area contributed by atoms with Crippen LogP contribution in [0, 0.1) is 0 Å². The summed E-state index contributed by atoms with van der Waals surface area (Å²) in [6.45, 7) is 1.97. The van der Waals surface area contributed by atoms with Gasteiger partial charge in [0.1, 0.15) is 0 Å². The summed E-state index contributed by atoms with van der Waals surface area (Å²) in [6, 6.07) is 9.91. The summed E-state index contributed by atoms with van der Waals surface area (Å²) in [7, 11) is 0. The highest BCUT2D eigenvalue weighted by Gasteiger charge is 2.05. The van der Waals surface area contributed by atoms with Crippen molar-refractivity contribution in [3.05, 3.63) is 48.3 Å². The Morgan fingerprint density at radius 1 is 1.25 bits per heavy atom. The van der Waals surface area contributed by atoms with Crippen molar-refractivity contribution in [2.24, 2.45) is 0 Å². The first-order chi connectivity index (χ1) is 9.63. The fourth-order valence-corrected chi connectivity index (χ4v) is 1.70. The Balaban J connectivity index is 1.89. The molecule has 1 aromatic heterocycles. The zero-order valence-electron chi connectivity index (χ0n) is 11.2. The van der Waals surface area contributed by atoms with Gasteiger partial charge in [-0.3, -0.25) is 14.3 Å². The summed E-state index contributed by atoms with van der Waals surface area (Å²) in [5.41, 5.74) is 1.74. The highest BCUT2D eigenvalue weighted by molar-refractivity contribution is 5.93. The van der Waals surface area contributed by atoms with Gasteiger partial charge in [-0.1, -0.05) is 30.3 Å². The van der Waals surface area contributed by atoms with Crippen LogP contribution in [0.4, 0.5) is 5.69 Å². The lowest BCUT2D eigenvalue weighted by Gasteiger charge is -2.03. The maximum absolute atomic E-state index is 11.5. The van der Waals surface area contributed by atoms with Crippen molar-refractivity contribution in [2.75, 3.05) is 11.9 Å². The molecule has 0 fully saturated rings. The molecule has 0 saturated heterocycles. The maximum atomic E-state index is 11.5. The minimum atomic E-state index is -0.278. The second-order valence-electron chi connectivity index (χ2n) is 4.37. The molecule has 0 atom stereocenters. The number of amides is 2. The van der Waals surface area contributed by atoms with Crippen LogP contribution in [-0.4, -0.2) is 28.1 Å². The number of hydrogen-bond donors (Lipinski definition) is 2. The lowest BCUT2D eigenvalue weighted by atomic mass is 10.2. The summed E-state index contributed by atoms with van der Waals surface area (Å²) >= 11 is 0. The van der Waals surface area contributed by atoms with Crippen LogP contribution >= 0.6 is 0 Å². The molecular formula is C14H16N4O2. The summed E-state index contributed by atoms with van der Waals surface area (Å²) in [5, 5.41) is 9.27. The van der Waals surface area contributed by atoms with E-state index in [1.165, 1.54) is 6.92 Å². The molecule has 6 nitrogen and oxygen atoms in total. The van der Waals surface area contributed by atoms with Gasteiger partial charge in [0, 0.05) is 13.1 Å².